The van der Waals surface area contributed by atoms with E-state index in [1.165, 1.54) is 0 Å². The minimum absolute atomic E-state index is 0.465. The minimum Gasteiger partial charge on any atom is -0.496 e. The smallest absolute Gasteiger partial charge is 0.125 e. The number of alkyl halides is 1. The standard InChI is InChI=1S/C20H26FN3O.F2/c1-3-11-24-20(23)18-6-4-5-15(13-21)17(18)9-7-14-12-16(22)8-10-19(14)25-2;1-2/h4-6,8,10,12H,3,7,9,11,13,22H2,1-2H3,(H2,23,24);. The highest BCUT2D eigenvalue weighted by Crippen LogP contribution is 2.25. The number of nitrogen functional groups attached to an aromatic ring is 1. The predicted octanol–water partition coefficient (Wildman–Crippen LogP) is 4.49. The van der Waals surface area contributed by atoms with Gasteiger partial charge in [-0.05, 0) is 54.2 Å². The molecular formula is C20H26F3N3O. The van der Waals surface area contributed by atoms with Gasteiger partial charge in [-0.1, -0.05) is 25.1 Å². The lowest BCUT2D eigenvalue weighted by atomic mass is 9.94. The average molecular weight is 381 g/mol. The Morgan fingerprint density at radius 3 is 2.48 bits per heavy atom. The predicted molar refractivity (Wildman–Crippen MR) is 104 cm³/mol. The summed E-state index contributed by atoms with van der Waals surface area (Å²) < 4.78 is 34.9. The zero-order valence-corrected chi connectivity index (χ0v) is 15.6. The molecule has 0 amide bonds. The van der Waals surface area contributed by atoms with Crippen molar-refractivity contribution in [2.45, 2.75) is 32.9 Å². The van der Waals surface area contributed by atoms with Crippen LogP contribution in [0.4, 0.5) is 19.2 Å². The van der Waals surface area contributed by atoms with Crippen LogP contribution in [0.3, 0.4) is 0 Å². The molecule has 27 heavy (non-hydrogen) atoms. The van der Waals surface area contributed by atoms with Crippen LogP contribution < -0.4 is 16.2 Å². The quantitative estimate of drug-likeness (QED) is 0.402. The first-order valence-corrected chi connectivity index (χ1v) is 8.64. The van der Waals surface area contributed by atoms with E-state index in [0.29, 0.717) is 36.5 Å². The molecule has 7 heteroatoms. The summed E-state index contributed by atoms with van der Waals surface area (Å²) in [5, 5.41) is 0. The van der Waals surface area contributed by atoms with Crippen LogP contribution >= 0.6 is 0 Å². The van der Waals surface area contributed by atoms with E-state index >= 15 is 0 Å². The largest absolute Gasteiger partial charge is 0.496 e. The van der Waals surface area contributed by atoms with E-state index in [1.54, 1.807) is 19.2 Å². The molecule has 0 saturated carbocycles. The number of benzene rings is 2. The van der Waals surface area contributed by atoms with Crippen molar-refractivity contribution < 1.29 is 18.3 Å². The molecule has 0 heterocycles. The first-order valence-electron chi connectivity index (χ1n) is 8.64. The molecule has 0 bridgehead atoms. The van der Waals surface area contributed by atoms with Crippen LogP contribution in [-0.2, 0) is 19.5 Å². The number of rotatable bonds is 8. The zero-order chi connectivity index (χ0) is 20.2. The summed E-state index contributed by atoms with van der Waals surface area (Å²) in [5.41, 5.74) is 16.0. The fraction of sp³-hybridized carbons (Fsp3) is 0.350. The number of aliphatic imine (C=N–C) groups is 1. The monoisotopic (exact) mass is 381 g/mol. The normalized spacial score (nSPS) is 10.9. The highest BCUT2D eigenvalue weighted by molar-refractivity contribution is 5.99. The van der Waals surface area contributed by atoms with Crippen molar-refractivity contribution in [3.63, 3.8) is 0 Å². The topological polar surface area (TPSA) is 73.6 Å². The van der Waals surface area contributed by atoms with E-state index < -0.39 is 6.67 Å². The molecule has 148 valence electrons. The molecule has 0 radical (unpaired) electrons. The molecule has 0 aromatic heterocycles. The van der Waals surface area contributed by atoms with Gasteiger partial charge >= 0.3 is 0 Å². The molecular weight excluding hydrogens is 355 g/mol. The van der Waals surface area contributed by atoms with Crippen molar-refractivity contribution >= 4 is 11.5 Å². The number of hydrogen-bond acceptors (Lipinski definition) is 3. The van der Waals surface area contributed by atoms with Crippen molar-refractivity contribution in [2.75, 3.05) is 19.4 Å². The SMILES string of the molecule is CCCN=C(N)c1cccc(CF)c1CCc1cc(N)ccc1OC.FF. The van der Waals surface area contributed by atoms with E-state index in [9.17, 15) is 4.39 Å². The van der Waals surface area contributed by atoms with Gasteiger partial charge in [0.15, 0.2) is 0 Å². The van der Waals surface area contributed by atoms with Gasteiger partial charge in [-0.2, -0.15) is 0 Å². The minimum atomic E-state index is -0.529. The second-order valence-electron chi connectivity index (χ2n) is 5.92. The first kappa shape index (κ1) is 22.3. The Kier molecular flexibility index (Phi) is 9.79. The number of nitrogens with zero attached hydrogens (tertiary/aromatic N) is 1. The molecule has 2 rings (SSSR count). The third-order valence-corrected chi connectivity index (χ3v) is 4.15. The third kappa shape index (κ3) is 6.20. The Balaban J connectivity index is 0.00000176. The van der Waals surface area contributed by atoms with E-state index in [4.69, 9.17) is 25.4 Å². The number of aryl methyl sites for hydroxylation is 1. The van der Waals surface area contributed by atoms with Crippen molar-refractivity contribution in [1.29, 1.82) is 0 Å². The Morgan fingerprint density at radius 2 is 1.85 bits per heavy atom. The number of ether oxygens (including phenoxy) is 1. The van der Waals surface area contributed by atoms with Gasteiger partial charge in [0.2, 0.25) is 0 Å². The van der Waals surface area contributed by atoms with Crippen LogP contribution in [0.5, 0.6) is 5.75 Å². The lowest BCUT2D eigenvalue weighted by Gasteiger charge is -2.15. The van der Waals surface area contributed by atoms with Gasteiger partial charge < -0.3 is 16.2 Å². The molecule has 0 saturated heterocycles. The molecule has 0 fully saturated rings. The number of methoxy groups -OCH3 is 1. The van der Waals surface area contributed by atoms with E-state index in [1.807, 2.05) is 31.2 Å². The van der Waals surface area contributed by atoms with Crippen LogP contribution in [0.1, 0.15) is 35.6 Å². The van der Waals surface area contributed by atoms with Crippen LogP contribution in [0.2, 0.25) is 0 Å². The average Bonchev–Trinajstić information content (AvgIpc) is 2.71. The molecule has 2 aromatic carbocycles. The lowest BCUT2D eigenvalue weighted by Crippen LogP contribution is -2.18. The molecule has 4 N–H and O–H groups in total. The maximum atomic E-state index is 13.5. The van der Waals surface area contributed by atoms with Gasteiger partial charge in [0, 0.05) is 26.9 Å². The van der Waals surface area contributed by atoms with Gasteiger partial charge in [-0.25, -0.2) is 4.39 Å². The molecule has 0 aliphatic rings. The van der Waals surface area contributed by atoms with Crippen LogP contribution in [0.25, 0.3) is 0 Å². The summed E-state index contributed by atoms with van der Waals surface area (Å²) in [4.78, 5) is 4.38. The molecule has 2 aromatic rings. The summed E-state index contributed by atoms with van der Waals surface area (Å²) in [5.74, 6) is 1.24. The Labute approximate surface area is 157 Å². The second kappa shape index (κ2) is 11.8. The van der Waals surface area contributed by atoms with Crippen molar-refractivity contribution in [3.05, 3.63) is 58.7 Å². The number of nitrogens with two attached hydrogens (primary N) is 2. The summed E-state index contributed by atoms with van der Waals surface area (Å²) in [7, 11) is 1.63. The second-order valence-corrected chi connectivity index (χ2v) is 5.92. The highest BCUT2D eigenvalue weighted by atomic mass is 20.0. The molecule has 0 atom stereocenters. The van der Waals surface area contributed by atoms with E-state index in [2.05, 4.69) is 4.99 Å². The van der Waals surface area contributed by atoms with Gasteiger partial charge in [0.1, 0.15) is 18.3 Å². The van der Waals surface area contributed by atoms with Crippen molar-refractivity contribution in [2.24, 2.45) is 10.7 Å². The fourth-order valence-electron chi connectivity index (χ4n) is 2.87. The lowest BCUT2D eigenvalue weighted by molar-refractivity contribution is 0.108. The van der Waals surface area contributed by atoms with Crippen LogP contribution in [-0.4, -0.2) is 19.5 Å². The van der Waals surface area contributed by atoms with Gasteiger partial charge in [0.25, 0.3) is 0 Å². The summed E-state index contributed by atoms with van der Waals surface area (Å²) in [6, 6.07) is 11.1. The van der Waals surface area contributed by atoms with E-state index in [0.717, 1.165) is 28.9 Å². The van der Waals surface area contributed by atoms with Crippen molar-refractivity contribution in [3.8, 4) is 5.75 Å². The number of anilines is 1. The molecule has 0 aliphatic carbocycles. The van der Waals surface area contributed by atoms with Crippen LogP contribution in [0.15, 0.2) is 41.4 Å². The maximum absolute atomic E-state index is 13.5. The highest BCUT2D eigenvalue weighted by Gasteiger charge is 2.13. The maximum Gasteiger partial charge on any atom is 0.125 e. The Hall–Kier alpha value is -2.70. The van der Waals surface area contributed by atoms with Crippen molar-refractivity contribution in [1.82, 2.24) is 0 Å². The summed E-state index contributed by atoms with van der Waals surface area (Å²) >= 11 is 0. The van der Waals surface area contributed by atoms with Gasteiger partial charge in [-0.15, -0.1) is 0 Å². The molecule has 4 nitrogen and oxygen atoms in total. The van der Waals surface area contributed by atoms with E-state index in [-0.39, 0.29) is 0 Å². The third-order valence-electron chi connectivity index (χ3n) is 4.15. The first-order chi connectivity index (χ1) is 13.1. The summed E-state index contributed by atoms with van der Waals surface area (Å²) in [6.07, 6.45) is 2.23. The number of halogens is 3. The number of amidine groups is 1. The van der Waals surface area contributed by atoms with Gasteiger partial charge in [-0.3, -0.25) is 4.99 Å². The molecule has 0 spiro atoms. The number of hydrogen-bond donors (Lipinski definition) is 2. The zero-order valence-electron chi connectivity index (χ0n) is 15.6. The van der Waals surface area contributed by atoms with Gasteiger partial charge in [0.05, 0.1) is 7.11 Å². The fourth-order valence-corrected chi connectivity index (χ4v) is 2.87. The molecule has 0 aliphatic heterocycles. The Morgan fingerprint density at radius 1 is 1.11 bits per heavy atom. The molecule has 0 unspecified atom stereocenters. The summed E-state index contributed by atoms with van der Waals surface area (Å²) in [6.45, 7) is 2.17. The van der Waals surface area contributed by atoms with Crippen LogP contribution in [0, 0.1) is 0 Å². The Bertz CT molecular complexity index is 751.